The molecule has 1 heterocycles. The van der Waals surface area contributed by atoms with Crippen molar-refractivity contribution in [2.45, 2.75) is 12.5 Å². The molecule has 0 spiro atoms. The molecule has 1 atom stereocenters. The number of benzene rings is 2. The molecular weight excluding hydrogens is 265 g/mol. The summed E-state index contributed by atoms with van der Waals surface area (Å²) < 4.78 is 19.4. The van der Waals surface area contributed by atoms with Crippen LogP contribution in [0.4, 0.5) is 4.39 Å². The van der Waals surface area contributed by atoms with E-state index in [1.807, 2.05) is 18.2 Å². The second-order valence-electron chi connectivity index (χ2n) is 4.59. The highest BCUT2D eigenvalue weighted by molar-refractivity contribution is 6.30. The number of ether oxygens (including phenoxy) is 1. The van der Waals surface area contributed by atoms with Gasteiger partial charge in [-0.3, -0.25) is 0 Å². The average molecular weight is 278 g/mol. The third-order valence-corrected chi connectivity index (χ3v) is 3.68. The molecule has 0 radical (unpaired) electrons. The van der Waals surface area contributed by atoms with Gasteiger partial charge in [-0.2, -0.15) is 0 Å². The van der Waals surface area contributed by atoms with Crippen LogP contribution in [0.25, 0.3) is 0 Å². The maximum Gasteiger partial charge on any atom is 0.146 e. The lowest BCUT2D eigenvalue weighted by Gasteiger charge is -2.15. The van der Waals surface area contributed by atoms with E-state index in [4.69, 9.17) is 22.1 Å². The molecule has 0 amide bonds. The van der Waals surface area contributed by atoms with Gasteiger partial charge in [-0.25, -0.2) is 4.39 Å². The number of hydrogen-bond donors (Lipinski definition) is 1. The van der Waals surface area contributed by atoms with E-state index in [-0.39, 0.29) is 5.02 Å². The van der Waals surface area contributed by atoms with Crippen molar-refractivity contribution < 1.29 is 9.13 Å². The molecule has 1 unspecified atom stereocenters. The zero-order valence-electron chi connectivity index (χ0n) is 10.2. The molecule has 2 aromatic carbocycles. The van der Waals surface area contributed by atoms with Crippen LogP contribution in [0.2, 0.25) is 5.02 Å². The van der Waals surface area contributed by atoms with Crippen molar-refractivity contribution in [1.82, 2.24) is 0 Å². The van der Waals surface area contributed by atoms with Crippen LogP contribution in [0.5, 0.6) is 5.75 Å². The Hall–Kier alpha value is -1.58. The first-order chi connectivity index (χ1) is 9.16. The number of halogens is 2. The second-order valence-corrected chi connectivity index (χ2v) is 4.99. The van der Waals surface area contributed by atoms with Crippen molar-refractivity contribution in [1.29, 1.82) is 0 Å². The summed E-state index contributed by atoms with van der Waals surface area (Å²) in [5.74, 6) is 0.441. The maximum atomic E-state index is 14.0. The van der Waals surface area contributed by atoms with Crippen molar-refractivity contribution in [2.24, 2.45) is 5.73 Å². The smallest absolute Gasteiger partial charge is 0.146 e. The van der Waals surface area contributed by atoms with Gasteiger partial charge in [0, 0.05) is 12.0 Å². The highest BCUT2D eigenvalue weighted by Crippen LogP contribution is 2.31. The molecular formula is C15H13ClFNO. The fourth-order valence-electron chi connectivity index (χ4n) is 2.34. The van der Waals surface area contributed by atoms with Crippen LogP contribution in [-0.4, -0.2) is 6.61 Å². The summed E-state index contributed by atoms with van der Waals surface area (Å²) in [6, 6.07) is 10.1. The zero-order valence-corrected chi connectivity index (χ0v) is 11.0. The van der Waals surface area contributed by atoms with Gasteiger partial charge in [0.1, 0.15) is 11.6 Å². The van der Waals surface area contributed by atoms with Crippen LogP contribution in [0.1, 0.15) is 22.7 Å². The van der Waals surface area contributed by atoms with Crippen molar-refractivity contribution >= 4 is 11.6 Å². The van der Waals surface area contributed by atoms with E-state index < -0.39 is 11.9 Å². The average Bonchev–Trinajstić information content (AvgIpc) is 2.88. The van der Waals surface area contributed by atoms with E-state index in [2.05, 4.69) is 0 Å². The van der Waals surface area contributed by atoms with Gasteiger partial charge in [0.15, 0.2) is 0 Å². The predicted molar refractivity (Wildman–Crippen MR) is 73.1 cm³/mol. The van der Waals surface area contributed by atoms with Gasteiger partial charge in [0.05, 0.1) is 17.7 Å². The lowest BCUT2D eigenvalue weighted by molar-refractivity contribution is 0.357. The Kier molecular flexibility index (Phi) is 3.17. The van der Waals surface area contributed by atoms with E-state index >= 15 is 0 Å². The topological polar surface area (TPSA) is 35.2 Å². The Labute approximate surface area is 115 Å². The molecule has 2 N–H and O–H groups in total. The van der Waals surface area contributed by atoms with Gasteiger partial charge >= 0.3 is 0 Å². The Morgan fingerprint density at radius 1 is 1.26 bits per heavy atom. The summed E-state index contributed by atoms with van der Waals surface area (Å²) in [4.78, 5) is 0. The number of rotatable bonds is 2. The SMILES string of the molecule is NC(c1ccc2c(c1)CCO2)c1cccc(Cl)c1F. The molecule has 4 heteroatoms. The summed E-state index contributed by atoms with van der Waals surface area (Å²) in [6.07, 6.45) is 0.869. The van der Waals surface area contributed by atoms with E-state index in [0.717, 1.165) is 23.3 Å². The van der Waals surface area contributed by atoms with E-state index in [0.29, 0.717) is 12.2 Å². The van der Waals surface area contributed by atoms with E-state index in [1.165, 1.54) is 6.07 Å². The number of nitrogens with two attached hydrogens (primary N) is 1. The molecule has 0 fully saturated rings. The van der Waals surface area contributed by atoms with Crippen LogP contribution in [0, 0.1) is 5.82 Å². The molecule has 3 rings (SSSR count). The minimum atomic E-state index is -0.524. The van der Waals surface area contributed by atoms with Gasteiger partial charge in [-0.1, -0.05) is 35.9 Å². The molecule has 0 bridgehead atoms. The molecule has 2 nitrogen and oxygen atoms in total. The maximum absolute atomic E-state index is 14.0. The zero-order chi connectivity index (χ0) is 13.4. The molecule has 1 aliphatic rings. The van der Waals surface area contributed by atoms with Gasteiger partial charge < -0.3 is 10.5 Å². The summed E-state index contributed by atoms with van der Waals surface area (Å²) in [5, 5.41) is 0.0949. The predicted octanol–water partition coefficient (Wildman–Crippen LogP) is 3.46. The van der Waals surface area contributed by atoms with Crippen molar-refractivity contribution in [3.63, 3.8) is 0 Å². The summed E-state index contributed by atoms with van der Waals surface area (Å²) >= 11 is 5.79. The van der Waals surface area contributed by atoms with Gasteiger partial charge in [-0.15, -0.1) is 0 Å². The molecule has 98 valence electrons. The van der Waals surface area contributed by atoms with Crippen LogP contribution in [-0.2, 0) is 6.42 Å². The molecule has 19 heavy (non-hydrogen) atoms. The summed E-state index contributed by atoms with van der Waals surface area (Å²) in [5.41, 5.74) is 8.54. The quantitative estimate of drug-likeness (QED) is 0.912. The molecule has 1 aliphatic heterocycles. The highest BCUT2D eigenvalue weighted by atomic mass is 35.5. The largest absolute Gasteiger partial charge is 0.493 e. The number of fused-ring (bicyclic) bond motifs is 1. The van der Waals surface area contributed by atoms with Crippen molar-refractivity contribution in [3.8, 4) is 5.75 Å². The Bertz CT molecular complexity index is 630. The first-order valence-electron chi connectivity index (χ1n) is 6.12. The third-order valence-electron chi connectivity index (χ3n) is 3.39. The molecule has 2 aromatic rings. The molecule has 0 aromatic heterocycles. The van der Waals surface area contributed by atoms with Crippen LogP contribution in [0.3, 0.4) is 0 Å². The van der Waals surface area contributed by atoms with Crippen molar-refractivity contribution in [2.75, 3.05) is 6.61 Å². The van der Waals surface area contributed by atoms with Crippen LogP contribution >= 0.6 is 11.6 Å². The minimum Gasteiger partial charge on any atom is -0.493 e. The lowest BCUT2D eigenvalue weighted by atomic mass is 9.97. The fraction of sp³-hybridized carbons (Fsp3) is 0.200. The van der Waals surface area contributed by atoms with Gasteiger partial charge in [-0.05, 0) is 23.3 Å². The third kappa shape index (κ3) is 2.20. The van der Waals surface area contributed by atoms with Gasteiger partial charge in [0.2, 0.25) is 0 Å². The Balaban J connectivity index is 2.00. The normalized spacial score (nSPS) is 14.9. The molecule has 0 saturated heterocycles. The van der Waals surface area contributed by atoms with E-state index in [1.54, 1.807) is 12.1 Å². The second kappa shape index (κ2) is 4.83. The minimum absolute atomic E-state index is 0.0949. The Morgan fingerprint density at radius 2 is 2.11 bits per heavy atom. The molecule has 0 aliphatic carbocycles. The van der Waals surface area contributed by atoms with Crippen LogP contribution in [0.15, 0.2) is 36.4 Å². The first-order valence-corrected chi connectivity index (χ1v) is 6.50. The van der Waals surface area contributed by atoms with Crippen molar-refractivity contribution in [3.05, 3.63) is 63.9 Å². The fourth-order valence-corrected chi connectivity index (χ4v) is 2.52. The van der Waals surface area contributed by atoms with E-state index in [9.17, 15) is 4.39 Å². The van der Waals surface area contributed by atoms with Gasteiger partial charge in [0.25, 0.3) is 0 Å². The summed E-state index contributed by atoms with van der Waals surface area (Å²) in [7, 11) is 0. The van der Waals surface area contributed by atoms with Crippen LogP contribution < -0.4 is 10.5 Å². The summed E-state index contributed by atoms with van der Waals surface area (Å²) in [6.45, 7) is 0.694. The first kappa shape index (κ1) is 12.5. The monoisotopic (exact) mass is 277 g/mol. The lowest BCUT2D eigenvalue weighted by Crippen LogP contribution is -2.14. The number of hydrogen-bond acceptors (Lipinski definition) is 2. The molecule has 0 saturated carbocycles. The Morgan fingerprint density at radius 3 is 2.95 bits per heavy atom. The standard InChI is InChI=1S/C15H13ClFNO/c16-12-3-1-2-11(14(12)17)15(18)10-4-5-13-9(8-10)6-7-19-13/h1-5,8,15H,6-7,18H2. The highest BCUT2D eigenvalue weighted by Gasteiger charge is 2.18.